The Labute approximate surface area is 115 Å². The van der Waals surface area contributed by atoms with Crippen molar-refractivity contribution in [2.45, 2.75) is 45.7 Å². The van der Waals surface area contributed by atoms with Crippen LogP contribution in [0, 0.1) is 0 Å². The fraction of sp³-hybridized carbons (Fsp3) is 0.412. The zero-order chi connectivity index (χ0) is 13.9. The predicted octanol–water partition coefficient (Wildman–Crippen LogP) is 4.21. The second kappa shape index (κ2) is 5.62. The van der Waals surface area contributed by atoms with Gasteiger partial charge in [-0.3, -0.25) is 0 Å². The summed E-state index contributed by atoms with van der Waals surface area (Å²) in [5.41, 5.74) is 1.12. The minimum Gasteiger partial charge on any atom is -0.508 e. The first-order chi connectivity index (χ1) is 9.09. The van der Waals surface area contributed by atoms with Crippen LogP contribution in [0.25, 0.3) is 10.8 Å². The van der Waals surface area contributed by atoms with Gasteiger partial charge >= 0.3 is 0 Å². The van der Waals surface area contributed by atoms with Gasteiger partial charge in [-0.25, -0.2) is 0 Å². The maximum absolute atomic E-state index is 10.1. The van der Waals surface area contributed by atoms with Gasteiger partial charge < -0.3 is 10.4 Å². The molecular weight excluding hydrogens is 234 g/mol. The van der Waals surface area contributed by atoms with Gasteiger partial charge in [0.15, 0.2) is 0 Å². The van der Waals surface area contributed by atoms with Crippen molar-refractivity contribution in [3.05, 3.63) is 42.0 Å². The molecular formula is C17H23NO. The van der Waals surface area contributed by atoms with Gasteiger partial charge in [0.2, 0.25) is 0 Å². The van der Waals surface area contributed by atoms with Crippen LogP contribution in [0.15, 0.2) is 36.4 Å². The van der Waals surface area contributed by atoms with Gasteiger partial charge in [-0.05, 0) is 36.6 Å². The van der Waals surface area contributed by atoms with Crippen molar-refractivity contribution in [2.24, 2.45) is 0 Å². The number of aromatic hydroxyl groups is 1. The molecule has 0 aliphatic carbocycles. The fourth-order valence-corrected chi connectivity index (χ4v) is 2.31. The third kappa shape index (κ3) is 2.90. The van der Waals surface area contributed by atoms with Crippen LogP contribution in [0.3, 0.4) is 0 Å². The molecule has 2 aromatic carbocycles. The first-order valence-corrected chi connectivity index (χ1v) is 7.04. The molecule has 2 aromatic rings. The Morgan fingerprint density at radius 3 is 2.42 bits per heavy atom. The smallest absolute Gasteiger partial charge is 0.120 e. The molecule has 0 aromatic heterocycles. The van der Waals surface area contributed by atoms with Crippen LogP contribution in [-0.2, 0) is 6.54 Å². The predicted molar refractivity (Wildman–Crippen MR) is 81.4 cm³/mol. The number of benzene rings is 2. The highest BCUT2D eigenvalue weighted by Crippen LogP contribution is 2.28. The van der Waals surface area contributed by atoms with Crippen LogP contribution in [0.5, 0.6) is 5.75 Å². The minimum atomic E-state index is 0.128. The van der Waals surface area contributed by atoms with Crippen LogP contribution in [0.2, 0.25) is 0 Å². The Morgan fingerprint density at radius 1 is 1.05 bits per heavy atom. The van der Waals surface area contributed by atoms with Gasteiger partial charge in [-0.1, -0.05) is 44.2 Å². The molecule has 2 heteroatoms. The normalized spacial score (nSPS) is 11.9. The Morgan fingerprint density at radius 2 is 1.74 bits per heavy atom. The summed E-state index contributed by atoms with van der Waals surface area (Å²) >= 11 is 0. The molecule has 0 spiro atoms. The maximum atomic E-state index is 10.1. The summed E-state index contributed by atoms with van der Waals surface area (Å²) in [6, 6.07) is 11.9. The summed E-state index contributed by atoms with van der Waals surface area (Å²) in [6.45, 7) is 7.32. The average Bonchev–Trinajstić information content (AvgIpc) is 2.46. The number of phenols is 1. The highest BCUT2D eigenvalue weighted by Gasteiger charge is 2.19. The van der Waals surface area contributed by atoms with Gasteiger partial charge in [0, 0.05) is 17.6 Å². The number of rotatable bonds is 5. The fourth-order valence-electron chi connectivity index (χ4n) is 2.31. The van der Waals surface area contributed by atoms with Gasteiger partial charge in [0.1, 0.15) is 5.75 Å². The topological polar surface area (TPSA) is 32.3 Å². The largest absolute Gasteiger partial charge is 0.508 e. The Kier molecular flexibility index (Phi) is 4.11. The molecule has 19 heavy (non-hydrogen) atoms. The summed E-state index contributed by atoms with van der Waals surface area (Å²) < 4.78 is 0. The van der Waals surface area contributed by atoms with Crippen molar-refractivity contribution in [1.29, 1.82) is 0 Å². The summed E-state index contributed by atoms with van der Waals surface area (Å²) in [5.74, 6) is 0.376. The molecule has 0 saturated carbocycles. The second-order valence-electron chi connectivity index (χ2n) is 5.41. The number of hydrogen-bond donors (Lipinski definition) is 2. The lowest BCUT2D eigenvalue weighted by Gasteiger charge is -2.29. The minimum absolute atomic E-state index is 0.128. The molecule has 0 aliphatic heterocycles. The molecule has 0 aliphatic rings. The summed E-state index contributed by atoms with van der Waals surface area (Å²) in [4.78, 5) is 0. The third-order valence-corrected chi connectivity index (χ3v) is 4.27. The van der Waals surface area contributed by atoms with Gasteiger partial charge in [-0.15, -0.1) is 0 Å². The van der Waals surface area contributed by atoms with Gasteiger partial charge in [0.05, 0.1) is 0 Å². The number of fused-ring (bicyclic) bond motifs is 1. The molecule has 0 radical (unpaired) electrons. The monoisotopic (exact) mass is 257 g/mol. The quantitative estimate of drug-likeness (QED) is 0.840. The summed E-state index contributed by atoms with van der Waals surface area (Å²) in [6.07, 6.45) is 2.16. The van der Waals surface area contributed by atoms with E-state index in [4.69, 9.17) is 0 Å². The van der Waals surface area contributed by atoms with Crippen molar-refractivity contribution >= 4 is 10.8 Å². The van der Waals surface area contributed by atoms with E-state index in [0.29, 0.717) is 12.3 Å². The molecule has 0 amide bonds. The molecule has 0 saturated heterocycles. The van der Waals surface area contributed by atoms with Crippen molar-refractivity contribution < 1.29 is 5.11 Å². The SMILES string of the molecule is CCC(C)(CC)NCc1c(O)ccc2ccccc12. The van der Waals surface area contributed by atoms with E-state index in [2.05, 4.69) is 38.2 Å². The number of nitrogens with one attached hydrogen (secondary N) is 1. The van der Waals surface area contributed by atoms with E-state index in [1.807, 2.05) is 18.2 Å². The number of hydrogen-bond acceptors (Lipinski definition) is 2. The molecule has 102 valence electrons. The van der Waals surface area contributed by atoms with Crippen LogP contribution >= 0.6 is 0 Å². The molecule has 0 fully saturated rings. The molecule has 0 unspecified atom stereocenters. The first kappa shape index (κ1) is 13.9. The van der Waals surface area contributed by atoms with E-state index >= 15 is 0 Å². The highest BCUT2D eigenvalue weighted by molar-refractivity contribution is 5.87. The number of phenolic OH excluding ortho intramolecular Hbond substituents is 1. The molecule has 0 heterocycles. The Hall–Kier alpha value is -1.54. The van der Waals surface area contributed by atoms with Gasteiger partial charge in [0.25, 0.3) is 0 Å². The zero-order valence-corrected chi connectivity index (χ0v) is 12.0. The average molecular weight is 257 g/mol. The Balaban J connectivity index is 2.32. The van der Waals surface area contributed by atoms with Gasteiger partial charge in [-0.2, -0.15) is 0 Å². The van der Waals surface area contributed by atoms with E-state index in [9.17, 15) is 5.11 Å². The molecule has 0 atom stereocenters. The lowest BCUT2D eigenvalue weighted by Crippen LogP contribution is -2.40. The highest BCUT2D eigenvalue weighted by atomic mass is 16.3. The maximum Gasteiger partial charge on any atom is 0.120 e. The van der Waals surface area contributed by atoms with Crippen molar-refractivity contribution in [2.75, 3.05) is 0 Å². The Bertz CT molecular complexity index is 558. The zero-order valence-electron chi connectivity index (χ0n) is 12.0. The van der Waals surface area contributed by atoms with Crippen molar-refractivity contribution in [3.63, 3.8) is 0 Å². The van der Waals surface area contributed by atoms with Crippen LogP contribution in [0.1, 0.15) is 39.2 Å². The van der Waals surface area contributed by atoms with Crippen LogP contribution in [-0.4, -0.2) is 10.6 Å². The molecule has 2 rings (SSSR count). The standard InChI is InChI=1S/C17H23NO/c1-4-17(3,5-2)18-12-15-14-9-7-6-8-13(14)10-11-16(15)19/h6-11,18-19H,4-5,12H2,1-3H3. The van der Waals surface area contributed by atoms with Crippen LogP contribution < -0.4 is 5.32 Å². The summed E-state index contributed by atoms with van der Waals surface area (Å²) in [5, 5.41) is 16.0. The van der Waals surface area contributed by atoms with E-state index in [1.165, 1.54) is 5.39 Å². The lowest BCUT2D eigenvalue weighted by atomic mass is 9.94. The third-order valence-electron chi connectivity index (χ3n) is 4.27. The molecule has 2 N–H and O–H groups in total. The second-order valence-corrected chi connectivity index (χ2v) is 5.41. The van der Waals surface area contributed by atoms with E-state index in [-0.39, 0.29) is 5.54 Å². The molecule has 2 nitrogen and oxygen atoms in total. The first-order valence-electron chi connectivity index (χ1n) is 7.04. The van der Waals surface area contributed by atoms with Crippen molar-refractivity contribution in [1.82, 2.24) is 5.32 Å². The summed E-state index contributed by atoms with van der Waals surface area (Å²) in [7, 11) is 0. The van der Waals surface area contributed by atoms with E-state index < -0.39 is 0 Å². The van der Waals surface area contributed by atoms with Crippen molar-refractivity contribution in [3.8, 4) is 5.75 Å². The molecule has 0 bridgehead atoms. The van der Waals surface area contributed by atoms with E-state index in [1.54, 1.807) is 6.07 Å². The lowest BCUT2D eigenvalue weighted by molar-refractivity contribution is 0.327. The van der Waals surface area contributed by atoms with Crippen LogP contribution in [0.4, 0.5) is 0 Å². The van der Waals surface area contributed by atoms with E-state index in [0.717, 1.165) is 23.8 Å².